The van der Waals surface area contributed by atoms with Crippen LogP contribution in [0.15, 0.2) is 30.3 Å². The molecule has 2 rings (SSSR count). The fourth-order valence-corrected chi connectivity index (χ4v) is 2.43. The van der Waals surface area contributed by atoms with Crippen LogP contribution in [0.1, 0.15) is 5.56 Å². The van der Waals surface area contributed by atoms with Gasteiger partial charge in [-0.2, -0.15) is 8.78 Å². The number of carbonyl (C=O) groups is 1. The Labute approximate surface area is 160 Å². The molecule has 2 aromatic carbocycles. The lowest BCUT2D eigenvalue weighted by molar-refractivity contribution is -0.114. The second-order valence-corrected chi connectivity index (χ2v) is 5.85. The zero-order valence-electron chi connectivity index (χ0n) is 14.9. The first-order valence-corrected chi connectivity index (χ1v) is 8.22. The smallest absolute Gasteiger partial charge is 0.387 e. The maximum Gasteiger partial charge on any atom is 0.387 e. The highest BCUT2D eigenvalue weighted by atomic mass is 35.5. The molecule has 0 aliphatic carbocycles. The van der Waals surface area contributed by atoms with E-state index < -0.39 is 6.61 Å². The number of hydrogen-bond acceptors (Lipinski definition) is 5. The van der Waals surface area contributed by atoms with E-state index in [-0.39, 0.29) is 24.0 Å². The van der Waals surface area contributed by atoms with Gasteiger partial charge in [-0.3, -0.25) is 4.79 Å². The number of aryl methyl sites for hydroxylation is 1. The first-order valence-electron chi connectivity index (χ1n) is 7.84. The van der Waals surface area contributed by atoms with Gasteiger partial charge in [0.1, 0.15) is 5.75 Å². The van der Waals surface area contributed by atoms with Gasteiger partial charge >= 0.3 is 6.61 Å². The van der Waals surface area contributed by atoms with Crippen LogP contribution in [0.4, 0.5) is 20.2 Å². The Kier molecular flexibility index (Phi) is 7.06. The van der Waals surface area contributed by atoms with Crippen LogP contribution in [0.3, 0.4) is 0 Å². The third-order valence-corrected chi connectivity index (χ3v) is 3.99. The number of rotatable bonds is 8. The molecule has 0 spiro atoms. The van der Waals surface area contributed by atoms with E-state index in [0.29, 0.717) is 22.1 Å². The van der Waals surface area contributed by atoms with Crippen LogP contribution in [0.5, 0.6) is 17.2 Å². The van der Waals surface area contributed by atoms with E-state index in [1.165, 1.54) is 26.4 Å². The molecule has 0 saturated carbocycles. The third kappa shape index (κ3) is 5.62. The van der Waals surface area contributed by atoms with Gasteiger partial charge in [0.25, 0.3) is 0 Å². The molecule has 0 radical (unpaired) electrons. The van der Waals surface area contributed by atoms with Crippen molar-refractivity contribution in [2.24, 2.45) is 0 Å². The van der Waals surface area contributed by atoms with Gasteiger partial charge in [0.15, 0.2) is 11.5 Å². The molecule has 2 aromatic rings. The van der Waals surface area contributed by atoms with E-state index in [1.54, 1.807) is 25.1 Å². The fraction of sp³-hybridized carbons (Fsp3) is 0.278. The number of amides is 1. The quantitative estimate of drug-likeness (QED) is 0.690. The molecule has 0 aromatic heterocycles. The molecule has 0 aliphatic heterocycles. The van der Waals surface area contributed by atoms with Crippen LogP contribution in [0.25, 0.3) is 0 Å². The van der Waals surface area contributed by atoms with Gasteiger partial charge in [-0.25, -0.2) is 0 Å². The predicted octanol–water partition coefficient (Wildman–Crippen LogP) is 4.32. The number of carbonyl (C=O) groups excluding carboxylic acids is 1. The van der Waals surface area contributed by atoms with Crippen molar-refractivity contribution in [3.63, 3.8) is 0 Å². The van der Waals surface area contributed by atoms with Crippen LogP contribution in [0, 0.1) is 6.92 Å². The maximum absolute atomic E-state index is 12.5. The molecule has 1 amide bonds. The van der Waals surface area contributed by atoms with Crippen molar-refractivity contribution in [1.82, 2.24) is 0 Å². The number of ether oxygens (including phenoxy) is 3. The van der Waals surface area contributed by atoms with Gasteiger partial charge in [-0.1, -0.05) is 11.6 Å². The molecular formula is C18H19ClF2N2O4. The highest BCUT2D eigenvalue weighted by Gasteiger charge is 2.13. The molecule has 0 bridgehead atoms. The van der Waals surface area contributed by atoms with E-state index in [0.717, 1.165) is 5.56 Å². The number of nitrogens with one attached hydrogen (secondary N) is 2. The third-order valence-electron chi connectivity index (χ3n) is 3.59. The first kappa shape index (κ1) is 20.6. The minimum Gasteiger partial charge on any atom is -0.495 e. The lowest BCUT2D eigenvalue weighted by atomic mass is 10.2. The van der Waals surface area contributed by atoms with Crippen molar-refractivity contribution in [3.8, 4) is 17.2 Å². The van der Waals surface area contributed by atoms with Gasteiger partial charge in [-0.05, 0) is 30.7 Å². The molecule has 0 fully saturated rings. The van der Waals surface area contributed by atoms with Gasteiger partial charge in [0.05, 0.1) is 26.5 Å². The molecule has 27 heavy (non-hydrogen) atoms. The van der Waals surface area contributed by atoms with Crippen molar-refractivity contribution in [3.05, 3.63) is 40.9 Å². The maximum atomic E-state index is 12.5. The molecular weight excluding hydrogens is 382 g/mol. The summed E-state index contributed by atoms with van der Waals surface area (Å²) < 4.78 is 39.5. The number of benzene rings is 2. The molecule has 9 heteroatoms. The summed E-state index contributed by atoms with van der Waals surface area (Å²) in [6.45, 7) is -1.29. The van der Waals surface area contributed by atoms with Gasteiger partial charge in [-0.15, -0.1) is 0 Å². The molecule has 0 unspecified atom stereocenters. The molecule has 2 N–H and O–H groups in total. The molecule has 0 saturated heterocycles. The Hall–Kier alpha value is -2.74. The summed E-state index contributed by atoms with van der Waals surface area (Å²) in [5.41, 5.74) is 1.67. The fourth-order valence-electron chi connectivity index (χ4n) is 2.28. The molecule has 0 heterocycles. The summed E-state index contributed by atoms with van der Waals surface area (Å²) in [5, 5.41) is 6.06. The highest BCUT2D eigenvalue weighted by Crippen LogP contribution is 2.32. The monoisotopic (exact) mass is 400 g/mol. The van der Waals surface area contributed by atoms with Gasteiger partial charge in [0, 0.05) is 22.8 Å². The standard InChI is InChI=1S/C18H19ClF2N2O4/c1-10-6-13(15(26-3)8-12(10)19)23-17(24)9-22-11-4-5-14(25-2)16(7-11)27-18(20)21/h4-8,18,22H,9H2,1-3H3,(H,23,24). The summed E-state index contributed by atoms with van der Waals surface area (Å²) in [4.78, 5) is 12.2. The lowest BCUT2D eigenvalue weighted by Crippen LogP contribution is -2.22. The van der Waals surface area contributed by atoms with Crippen LogP contribution in [-0.2, 0) is 4.79 Å². The minimum absolute atomic E-state index is 0.106. The van der Waals surface area contributed by atoms with Crippen LogP contribution in [0.2, 0.25) is 5.02 Å². The summed E-state index contributed by atoms with van der Waals surface area (Å²) >= 11 is 6.04. The number of anilines is 2. The Morgan fingerprint density at radius 1 is 1.11 bits per heavy atom. The number of halogens is 3. The van der Waals surface area contributed by atoms with Crippen molar-refractivity contribution in [1.29, 1.82) is 0 Å². The Morgan fingerprint density at radius 3 is 2.44 bits per heavy atom. The minimum atomic E-state index is -2.99. The topological polar surface area (TPSA) is 68.8 Å². The van der Waals surface area contributed by atoms with Crippen LogP contribution in [-0.4, -0.2) is 33.3 Å². The SMILES string of the molecule is COc1cc(Cl)c(C)cc1NC(=O)CNc1ccc(OC)c(OC(F)F)c1. The van der Waals surface area contributed by atoms with E-state index in [9.17, 15) is 13.6 Å². The summed E-state index contributed by atoms with van der Waals surface area (Å²) in [6.07, 6.45) is 0. The van der Waals surface area contributed by atoms with Crippen molar-refractivity contribution in [2.45, 2.75) is 13.5 Å². The number of methoxy groups -OCH3 is 2. The normalized spacial score (nSPS) is 10.5. The number of hydrogen-bond donors (Lipinski definition) is 2. The summed E-state index contributed by atoms with van der Waals surface area (Å²) in [5.74, 6) is 0.0952. The first-order chi connectivity index (χ1) is 12.8. The van der Waals surface area contributed by atoms with E-state index in [4.69, 9.17) is 21.1 Å². The average molecular weight is 401 g/mol. The molecule has 6 nitrogen and oxygen atoms in total. The molecule has 0 atom stereocenters. The van der Waals surface area contributed by atoms with Gasteiger partial charge < -0.3 is 24.8 Å². The zero-order valence-corrected chi connectivity index (χ0v) is 15.7. The van der Waals surface area contributed by atoms with E-state index >= 15 is 0 Å². The van der Waals surface area contributed by atoms with E-state index in [1.807, 2.05) is 0 Å². The van der Waals surface area contributed by atoms with Gasteiger partial charge in [0.2, 0.25) is 5.91 Å². The summed E-state index contributed by atoms with van der Waals surface area (Å²) in [6, 6.07) is 7.67. The van der Waals surface area contributed by atoms with Crippen molar-refractivity contribution < 1.29 is 27.8 Å². The van der Waals surface area contributed by atoms with Crippen LogP contribution < -0.4 is 24.8 Å². The molecule has 146 valence electrons. The highest BCUT2D eigenvalue weighted by molar-refractivity contribution is 6.31. The number of alkyl halides is 2. The second kappa shape index (κ2) is 9.27. The van der Waals surface area contributed by atoms with Crippen LogP contribution >= 0.6 is 11.6 Å². The molecule has 0 aliphatic rings. The Bertz CT molecular complexity index is 818. The van der Waals surface area contributed by atoms with Crippen molar-refractivity contribution in [2.75, 3.05) is 31.4 Å². The summed E-state index contributed by atoms with van der Waals surface area (Å²) in [7, 11) is 2.81. The lowest BCUT2D eigenvalue weighted by Gasteiger charge is -2.14. The van der Waals surface area contributed by atoms with E-state index in [2.05, 4.69) is 15.4 Å². The Balaban J connectivity index is 2.05. The largest absolute Gasteiger partial charge is 0.495 e. The second-order valence-electron chi connectivity index (χ2n) is 5.45. The van der Waals surface area contributed by atoms with Crippen molar-refractivity contribution >= 4 is 28.9 Å². The zero-order chi connectivity index (χ0) is 20.0. The predicted molar refractivity (Wildman–Crippen MR) is 99.5 cm³/mol. The Morgan fingerprint density at radius 2 is 1.81 bits per heavy atom. The average Bonchev–Trinajstić information content (AvgIpc) is 2.62.